The lowest BCUT2D eigenvalue weighted by atomic mass is 10.1. The topological polar surface area (TPSA) is 75.2 Å². The number of rotatable bonds is 4. The molecule has 3 aromatic rings. The third-order valence-corrected chi connectivity index (χ3v) is 4.51. The highest BCUT2D eigenvalue weighted by Gasteiger charge is 2.14. The van der Waals surface area contributed by atoms with Crippen molar-refractivity contribution in [2.45, 2.75) is 26.9 Å². The molecule has 0 saturated carbocycles. The molecule has 1 heterocycles. The summed E-state index contributed by atoms with van der Waals surface area (Å²) in [7, 11) is 1.69. The van der Waals surface area contributed by atoms with Gasteiger partial charge in [0.2, 0.25) is 5.91 Å². The van der Waals surface area contributed by atoms with Crippen LogP contribution < -0.4 is 11.1 Å². The third-order valence-electron chi connectivity index (χ3n) is 4.51. The van der Waals surface area contributed by atoms with Gasteiger partial charge in [-0.1, -0.05) is 35.9 Å². The van der Waals surface area contributed by atoms with Gasteiger partial charge in [0.1, 0.15) is 6.54 Å². The Bertz CT molecular complexity index is 1100. The molecule has 0 bridgehead atoms. The number of nitrogens with zero attached hydrogens (tertiary/aromatic N) is 2. The monoisotopic (exact) mass is 351 g/mol. The maximum absolute atomic E-state index is 12.5. The Kier molecular flexibility index (Phi) is 4.75. The van der Waals surface area contributed by atoms with Crippen LogP contribution in [0, 0.1) is 13.8 Å². The van der Waals surface area contributed by atoms with Crippen LogP contribution in [0.15, 0.2) is 52.1 Å². The molecule has 26 heavy (non-hydrogen) atoms. The average Bonchev–Trinajstić information content (AvgIpc) is 2.61. The van der Waals surface area contributed by atoms with Crippen molar-refractivity contribution in [3.8, 4) is 0 Å². The first kappa shape index (κ1) is 17.7. The van der Waals surface area contributed by atoms with Gasteiger partial charge < -0.3 is 4.90 Å². The van der Waals surface area contributed by atoms with Crippen LogP contribution in [0.4, 0.5) is 0 Å². The van der Waals surface area contributed by atoms with E-state index in [0.29, 0.717) is 17.3 Å². The van der Waals surface area contributed by atoms with Gasteiger partial charge in [-0.15, -0.1) is 0 Å². The molecule has 0 aliphatic carbocycles. The lowest BCUT2D eigenvalue weighted by Gasteiger charge is -2.19. The number of carbonyl (C=O) groups excluding carboxylic acids is 1. The zero-order chi connectivity index (χ0) is 18.8. The highest BCUT2D eigenvalue weighted by Crippen LogP contribution is 2.12. The number of carbonyl (C=O) groups is 1. The number of likely N-dealkylation sites (N-methyl/N-ethyl adjacent to an activating group) is 1. The number of fused-ring (bicyclic) bond motifs is 1. The summed E-state index contributed by atoms with van der Waals surface area (Å²) in [4.78, 5) is 38.7. The number of hydrogen-bond acceptors (Lipinski definition) is 3. The fourth-order valence-electron chi connectivity index (χ4n) is 2.98. The molecule has 0 aliphatic heterocycles. The zero-order valence-electron chi connectivity index (χ0n) is 15.1. The van der Waals surface area contributed by atoms with Gasteiger partial charge in [0.25, 0.3) is 11.1 Å². The molecule has 1 aromatic heterocycles. The number of H-pyrrole nitrogens is 1. The molecular weight excluding hydrogens is 330 g/mol. The second-order valence-corrected chi connectivity index (χ2v) is 6.56. The van der Waals surface area contributed by atoms with Crippen molar-refractivity contribution in [1.82, 2.24) is 14.7 Å². The minimum Gasteiger partial charge on any atom is -0.340 e. The summed E-state index contributed by atoms with van der Waals surface area (Å²) in [5.74, 6) is -0.252. The maximum atomic E-state index is 12.5. The fraction of sp³-hybridized carbons (Fsp3) is 0.250. The number of amides is 1. The molecule has 0 unspecified atom stereocenters. The van der Waals surface area contributed by atoms with Crippen molar-refractivity contribution in [3.63, 3.8) is 0 Å². The predicted octanol–water partition coefficient (Wildman–Crippen LogP) is 1.97. The van der Waals surface area contributed by atoms with Crippen molar-refractivity contribution in [3.05, 3.63) is 79.9 Å². The van der Waals surface area contributed by atoms with Crippen LogP contribution in [0.3, 0.4) is 0 Å². The highest BCUT2D eigenvalue weighted by molar-refractivity contribution is 5.81. The van der Waals surface area contributed by atoms with E-state index in [9.17, 15) is 14.4 Å². The maximum Gasteiger partial charge on any atom is 0.273 e. The van der Waals surface area contributed by atoms with Crippen molar-refractivity contribution in [2.24, 2.45) is 0 Å². The smallest absolute Gasteiger partial charge is 0.273 e. The molecule has 134 valence electrons. The summed E-state index contributed by atoms with van der Waals surface area (Å²) in [5, 5.41) is 3.12. The molecule has 0 aliphatic rings. The van der Waals surface area contributed by atoms with Gasteiger partial charge in [-0.25, -0.2) is 4.68 Å². The van der Waals surface area contributed by atoms with Gasteiger partial charge in [0.15, 0.2) is 0 Å². The van der Waals surface area contributed by atoms with E-state index in [4.69, 9.17) is 0 Å². The Hall–Kier alpha value is -3.15. The normalized spacial score (nSPS) is 10.9. The first-order valence-electron chi connectivity index (χ1n) is 8.39. The molecule has 0 radical (unpaired) electrons. The molecule has 0 spiro atoms. The van der Waals surface area contributed by atoms with E-state index in [2.05, 4.69) is 11.2 Å². The molecule has 3 rings (SSSR count). The molecule has 6 nitrogen and oxygen atoms in total. The predicted molar refractivity (Wildman–Crippen MR) is 101 cm³/mol. The number of aromatic nitrogens is 2. The quantitative estimate of drug-likeness (QED) is 0.781. The van der Waals surface area contributed by atoms with E-state index in [0.717, 1.165) is 15.8 Å². The molecule has 0 saturated heterocycles. The summed E-state index contributed by atoms with van der Waals surface area (Å²) in [5.41, 5.74) is 2.56. The average molecular weight is 351 g/mol. The summed E-state index contributed by atoms with van der Waals surface area (Å²) >= 11 is 0. The summed E-state index contributed by atoms with van der Waals surface area (Å²) in [6.07, 6.45) is 0. The van der Waals surface area contributed by atoms with Crippen LogP contribution in [0.2, 0.25) is 0 Å². The van der Waals surface area contributed by atoms with Crippen LogP contribution >= 0.6 is 0 Å². The first-order chi connectivity index (χ1) is 12.4. The highest BCUT2D eigenvalue weighted by atomic mass is 16.2. The lowest BCUT2D eigenvalue weighted by molar-refractivity contribution is -0.131. The molecule has 6 heteroatoms. The number of aryl methyl sites for hydroxylation is 2. The van der Waals surface area contributed by atoms with Crippen LogP contribution in [0.5, 0.6) is 0 Å². The third kappa shape index (κ3) is 3.44. The second-order valence-electron chi connectivity index (χ2n) is 6.56. The molecule has 1 amide bonds. The Morgan fingerprint density at radius 2 is 1.77 bits per heavy atom. The summed E-state index contributed by atoms with van der Waals surface area (Å²) in [6.45, 7) is 4.26. The molecule has 0 atom stereocenters. The standard InChI is InChI=1S/C20H21N3O3/c1-13-8-9-15(14(2)10-13)11-22(3)18(24)12-23-20(26)17-7-5-4-6-16(17)19(25)21-23/h4-10H,11-12H2,1-3H3,(H,21,25). The largest absolute Gasteiger partial charge is 0.340 e. The minimum absolute atomic E-state index is 0.208. The van der Waals surface area contributed by atoms with Gasteiger partial charge in [0, 0.05) is 13.6 Å². The Morgan fingerprint density at radius 3 is 2.46 bits per heavy atom. The van der Waals surface area contributed by atoms with Crippen LogP contribution in [0.1, 0.15) is 16.7 Å². The van der Waals surface area contributed by atoms with Gasteiger partial charge in [-0.2, -0.15) is 0 Å². The van der Waals surface area contributed by atoms with Gasteiger partial charge in [0.05, 0.1) is 10.8 Å². The van der Waals surface area contributed by atoms with Crippen molar-refractivity contribution in [1.29, 1.82) is 0 Å². The van der Waals surface area contributed by atoms with E-state index in [1.807, 2.05) is 26.0 Å². The van der Waals surface area contributed by atoms with E-state index in [-0.39, 0.29) is 23.6 Å². The van der Waals surface area contributed by atoms with E-state index >= 15 is 0 Å². The number of benzene rings is 2. The Morgan fingerprint density at radius 1 is 1.08 bits per heavy atom. The van der Waals surface area contributed by atoms with Crippen LogP contribution in [-0.2, 0) is 17.9 Å². The molecule has 2 aromatic carbocycles. The molecular formula is C20H21N3O3. The molecule has 0 fully saturated rings. The number of aromatic amines is 1. The number of hydrogen-bond donors (Lipinski definition) is 1. The first-order valence-corrected chi connectivity index (χ1v) is 8.39. The van der Waals surface area contributed by atoms with Gasteiger partial charge >= 0.3 is 0 Å². The molecule has 1 N–H and O–H groups in total. The SMILES string of the molecule is Cc1ccc(CN(C)C(=O)Cn2[nH]c(=O)c3ccccc3c2=O)c(C)c1. The van der Waals surface area contributed by atoms with E-state index < -0.39 is 0 Å². The fourth-order valence-corrected chi connectivity index (χ4v) is 2.98. The van der Waals surface area contributed by atoms with Gasteiger partial charge in [-0.3, -0.25) is 19.5 Å². The van der Waals surface area contributed by atoms with Gasteiger partial charge in [-0.05, 0) is 37.1 Å². The number of nitrogens with one attached hydrogen (secondary N) is 1. The second kappa shape index (κ2) is 7.00. The van der Waals surface area contributed by atoms with Crippen molar-refractivity contribution in [2.75, 3.05) is 7.05 Å². The minimum atomic E-state index is -0.384. The summed E-state index contributed by atoms with van der Waals surface area (Å²) in [6, 6.07) is 12.6. The summed E-state index contributed by atoms with van der Waals surface area (Å²) < 4.78 is 1.07. The van der Waals surface area contributed by atoms with Crippen LogP contribution in [0.25, 0.3) is 10.8 Å². The van der Waals surface area contributed by atoms with E-state index in [1.165, 1.54) is 5.56 Å². The van der Waals surface area contributed by atoms with Crippen molar-refractivity contribution < 1.29 is 4.79 Å². The van der Waals surface area contributed by atoms with Crippen molar-refractivity contribution >= 4 is 16.7 Å². The lowest BCUT2D eigenvalue weighted by Crippen LogP contribution is -2.37. The van der Waals surface area contributed by atoms with E-state index in [1.54, 1.807) is 36.2 Å². The zero-order valence-corrected chi connectivity index (χ0v) is 15.1. The Labute approximate surface area is 150 Å². The van der Waals surface area contributed by atoms with Crippen LogP contribution in [-0.4, -0.2) is 27.6 Å². The Balaban J connectivity index is 1.83.